The van der Waals surface area contributed by atoms with E-state index in [0.717, 1.165) is 0 Å². The van der Waals surface area contributed by atoms with Crippen molar-refractivity contribution in [3.05, 3.63) is 54.1 Å². The maximum Gasteiger partial charge on any atom is 0.250 e. The molecule has 0 saturated carbocycles. The van der Waals surface area contributed by atoms with E-state index in [-0.39, 0.29) is 6.79 Å². The van der Waals surface area contributed by atoms with Gasteiger partial charge in [-0.25, -0.2) is 0 Å². The Morgan fingerprint density at radius 3 is 2.55 bits per heavy atom. The standard InChI is InChI=1S/C16H12ClNO4/c17-14(15(19)10-4-2-1-3-5-10)16(20)18-11-6-7-12-13(8-11)22-9-21-12/h1-8,14H,9H2,(H,18,20). The molecule has 0 radical (unpaired) electrons. The molecule has 1 N–H and O–H groups in total. The van der Waals surface area contributed by atoms with Crippen molar-refractivity contribution in [2.24, 2.45) is 0 Å². The highest BCUT2D eigenvalue weighted by atomic mass is 35.5. The van der Waals surface area contributed by atoms with Crippen molar-refractivity contribution < 1.29 is 19.1 Å². The first-order chi connectivity index (χ1) is 10.6. The van der Waals surface area contributed by atoms with Gasteiger partial charge >= 0.3 is 0 Å². The number of hydrogen-bond acceptors (Lipinski definition) is 4. The summed E-state index contributed by atoms with van der Waals surface area (Å²) in [6.07, 6.45) is 0. The number of hydrogen-bond donors (Lipinski definition) is 1. The van der Waals surface area contributed by atoms with E-state index >= 15 is 0 Å². The van der Waals surface area contributed by atoms with Crippen LogP contribution in [0.3, 0.4) is 0 Å². The molecule has 2 aromatic carbocycles. The van der Waals surface area contributed by atoms with Crippen LogP contribution in [0.25, 0.3) is 0 Å². The van der Waals surface area contributed by atoms with Crippen LogP contribution < -0.4 is 14.8 Å². The third-order valence-electron chi connectivity index (χ3n) is 3.16. The van der Waals surface area contributed by atoms with E-state index < -0.39 is 17.1 Å². The number of alkyl halides is 1. The minimum absolute atomic E-state index is 0.150. The molecule has 112 valence electrons. The number of nitrogens with one attached hydrogen (secondary N) is 1. The first kappa shape index (κ1) is 14.4. The van der Waals surface area contributed by atoms with Gasteiger partial charge < -0.3 is 14.8 Å². The van der Waals surface area contributed by atoms with Crippen LogP contribution in [0, 0.1) is 0 Å². The third kappa shape index (κ3) is 2.89. The van der Waals surface area contributed by atoms with Crippen LogP contribution >= 0.6 is 11.6 Å². The van der Waals surface area contributed by atoms with Crippen molar-refractivity contribution in [3.8, 4) is 11.5 Å². The molecule has 5 nitrogen and oxygen atoms in total. The van der Waals surface area contributed by atoms with Gasteiger partial charge in [0, 0.05) is 17.3 Å². The first-order valence-electron chi connectivity index (χ1n) is 6.59. The van der Waals surface area contributed by atoms with E-state index in [4.69, 9.17) is 21.1 Å². The Bertz CT molecular complexity index is 717. The summed E-state index contributed by atoms with van der Waals surface area (Å²) in [5.41, 5.74) is 0.879. The molecular formula is C16H12ClNO4. The van der Waals surface area contributed by atoms with Gasteiger partial charge in [0.25, 0.3) is 0 Å². The predicted molar refractivity (Wildman–Crippen MR) is 81.6 cm³/mol. The molecule has 1 aliphatic heterocycles. The Balaban J connectivity index is 1.70. The van der Waals surface area contributed by atoms with Gasteiger partial charge in [-0.1, -0.05) is 30.3 Å². The molecule has 1 unspecified atom stereocenters. The fraction of sp³-hybridized carbons (Fsp3) is 0.125. The Hall–Kier alpha value is -2.53. The van der Waals surface area contributed by atoms with E-state index in [2.05, 4.69) is 5.32 Å². The van der Waals surface area contributed by atoms with Crippen LogP contribution in [0.15, 0.2) is 48.5 Å². The summed E-state index contributed by atoms with van der Waals surface area (Å²) in [4.78, 5) is 24.2. The maximum atomic E-state index is 12.1. The predicted octanol–water partition coefficient (Wildman–Crippen LogP) is 2.84. The number of carbonyl (C=O) groups excluding carboxylic acids is 2. The fourth-order valence-corrected chi connectivity index (χ4v) is 2.23. The average molecular weight is 318 g/mol. The van der Waals surface area contributed by atoms with Gasteiger partial charge in [-0.3, -0.25) is 9.59 Å². The minimum Gasteiger partial charge on any atom is -0.454 e. The lowest BCUT2D eigenvalue weighted by Crippen LogP contribution is -2.30. The summed E-state index contributed by atoms with van der Waals surface area (Å²) < 4.78 is 10.4. The van der Waals surface area contributed by atoms with E-state index in [1.54, 1.807) is 48.5 Å². The van der Waals surface area contributed by atoms with Crippen molar-refractivity contribution >= 4 is 29.0 Å². The molecule has 0 spiro atoms. The Morgan fingerprint density at radius 1 is 1.05 bits per heavy atom. The molecule has 0 saturated heterocycles. The molecule has 3 rings (SSSR count). The monoisotopic (exact) mass is 317 g/mol. The van der Waals surface area contributed by atoms with Gasteiger partial charge in [-0.05, 0) is 12.1 Å². The molecule has 0 aliphatic carbocycles. The van der Waals surface area contributed by atoms with Crippen molar-refractivity contribution in [2.75, 3.05) is 12.1 Å². The molecular weight excluding hydrogens is 306 g/mol. The highest BCUT2D eigenvalue weighted by Gasteiger charge is 2.25. The fourth-order valence-electron chi connectivity index (χ4n) is 2.05. The zero-order valence-corrected chi connectivity index (χ0v) is 12.2. The quantitative estimate of drug-likeness (QED) is 0.535. The lowest BCUT2D eigenvalue weighted by molar-refractivity contribution is -0.115. The number of fused-ring (bicyclic) bond motifs is 1. The molecule has 0 aromatic heterocycles. The number of rotatable bonds is 4. The van der Waals surface area contributed by atoms with Gasteiger partial charge in [-0.15, -0.1) is 11.6 Å². The zero-order valence-electron chi connectivity index (χ0n) is 11.4. The van der Waals surface area contributed by atoms with Gasteiger partial charge in [-0.2, -0.15) is 0 Å². The van der Waals surface area contributed by atoms with Crippen molar-refractivity contribution in [2.45, 2.75) is 5.38 Å². The van der Waals surface area contributed by atoms with E-state index in [1.807, 2.05) is 0 Å². The topological polar surface area (TPSA) is 64.6 Å². The molecule has 1 aliphatic rings. The molecule has 0 bridgehead atoms. The van der Waals surface area contributed by atoms with E-state index in [1.165, 1.54) is 0 Å². The summed E-state index contributed by atoms with van der Waals surface area (Å²) in [6.45, 7) is 0.150. The Morgan fingerprint density at radius 2 is 1.77 bits per heavy atom. The number of ketones is 1. The lowest BCUT2D eigenvalue weighted by atomic mass is 10.1. The average Bonchev–Trinajstić information content (AvgIpc) is 3.02. The molecule has 22 heavy (non-hydrogen) atoms. The maximum absolute atomic E-state index is 12.1. The van der Waals surface area contributed by atoms with Crippen LogP contribution in [0.4, 0.5) is 5.69 Å². The molecule has 2 aromatic rings. The first-order valence-corrected chi connectivity index (χ1v) is 7.02. The van der Waals surface area contributed by atoms with E-state index in [9.17, 15) is 9.59 Å². The molecule has 1 atom stereocenters. The Kier molecular flexibility index (Phi) is 3.98. The normalized spacial score (nSPS) is 13.5. The highest BCUT2D eigenvalue weighted by Crippen LogP contribution is 2.34. The second-order valence-electron chi connectivity index (χ2n) is 4.65. The number of halogens is 1. The molecule has 6 heteroatoms. The van der Waals surface area contributed by atoms with Gasteiger partial charge in [0.2, 0.25) is 12.7 Å². The van der Waals surface area contributed by atoms with Crippen molar-refractivity contribution in [3.63, 3.8) is 0 Å². The van der Waals surface area contributed by atoms with E-state index in [0.29, 0.717) is 22.7 Å². The smallest absolute Gasteiger partial charge is 0.250 e. The SMILES string of the molecule is O=C(Nc1ccc2c(c1)OCO2)C(Cl)C(=O)c1ccccc1. The zero-order chi connectivity index (χ0) is 15.5. The number of Topliss-reactive ketones (excluding diaryl/α,β-unsaturated/α-hetero) is 1. The summed E-state index contributed by atoms with van der Waals surface area (Å²) in [6, 6.07) is 13.4. The van der Waals surface area contributed by atoms with Gasteiger partial charge in [0.05, 0.1) is 0 Å². The Labute approximate surface area is 131 Å². The van der Waals surface area contributed by atoms with Gasteiger partial charge in [0.15, 0.2) is 22.7 Å². The second kappa shape index (κ2) is 6.07. The van der Waals surface area contributed by atoms with Crippen LogP contribution in [0.2, 0.25) is 0 Å². The highest BCUT2D eigenvalue weighted by molar-refractivity contribution is 6.45. The van der Waals surface area contributed by atoms with Crippen LogP contribution in [0.5, 0.6) is 11.5 Å². The number of benzene rings is 2. The summed E-state index contributed by atoms with van der Waals surface area (Å²) in [5.74, 6) is 0.119. The molecule has 1 heterocycles. The number of carbonyl (C=O) groups is 2. The minimum atomic E-state index is -1.30. The van der Waals surface area contributed by atoms with Crippen molar-refractivity contribution in [1.29, 1.82) is 0 Å². The summed E-state index contributed by atoms with van der Waals surface area (Å²) in [7, 11) is 0. The third-order valence-corrected chi connectivity index (χ3v) is 3.56. The van der Waals surface area contributed by atoms with Crippen LogP contribution in [-0.4, -0.2) is 23.9 Å². The number of amides is 1. The second-order valence-corrected chi connectivity index (χ2v) is 5.09. The lowest BCUT2D eigenvalue weighted by Gasteiger charge is -2.10. The number of anilines is 1. The van der Waals surface area contributed by atoms with Crippen LogP contribution in [0.1, 0.15) is 10.4 Å². The number of ether oxygens (including phenoxy) is 2. The van der Waals surface area contributed by atoms with Crippen molar-refractivity contribution in [1.82, 2.24) is 0 Å². The van der Waals surface area contributed by atoms with Crippen LogP contribution in [-0.2, 0) is 4.79 Å². The van der Waals surface area contributed by atoms with Gasteiger partial charge in [0.1, 0.15) is 0 Å². The largest absolute Gasteiger partial charge is 0.454 e. The summed E-state index contributed by atoms with van der Waals surface area (Å²) in [5, 5.41) is 1.30. The molecule has 0 fully saturated rings. The summed E-state index contributed by atoms with van der Waals surface area (Å²) >= 11 is 5.97. The molecule has 1 amide bonds.